The normalized spacial score (nSPS) is 25.0. The van der Waals surface area contributed by atoms with E-state index in [2.05, 4.69) is 11.0 Å². The van der Waals surface area contributed by atoms with Gasteiger partial charge in [-0.25, -0.2) is 0 Å². The van der Waals surface area contributed by atoms with Crippen LogP contribution in [0, 0.1) is 0 Å². The molecule has 0 bridgehead atoms. The van der Waals surface area contributed by atoms with E-state index in [1.165, 1.54) is 18.4 Å². The highest BCUT2D eigenvalue weighted by Crippen LogP contribution is 2.30. The number of rotatable bonds is 9. The fourth-order valence-electron chi connectivity index (χ4n) is 4.42. The summed E-state index contributed by atoms with van der Waals surface area (Å²) in [5, 5.41) is 0. The Labute approximate surface area is 178 Å². The summed E-state index contributed by atoms with van der Waals surface area (Å²) in [4.78, 5) is 13.9. The van der Waals surface area contributed by atoms with E-state index in [0.29, 0.717) is 12.6 Å². The summed E-state index contributed by atoms with van der Waals surface area (Å²) in [5.74, 6) is 1.07. The lowest BCUT2D eigenvalue weighted by molar-refractivity contribution is -0.145. The Morgan fingerprint density at radius 1 is 1.14 bits per heavy atom. The maximum atomic E-state index is 11.5. The Bertz CT molecular complexity index is 671. The van der Waals surface area contributed by atoms with E-state index >= 15 is 0 Å². The number of carbonyl (C=O) groups is 1. The number of carbonyl (C=O) groups excluding carboxylic acids is 1. The molecule has 1 aliphatic heterocycles. The van der Waals surface area contributed by atoms with Gasteiger partial charge in [-0.3, -0.25) is 9.69 Å². The van der Waals surface area contributed by atoms with E-state index in [1.54, 1.807) is 14.2 Å². The van der Waals surface area contributed by atoms with Crippen molar-refractivity contribution in [1.82, 2.24) is 4.90 Å². The van der Waals surface area contributed by atoms with Gasteiger partial charge < -0.3 is 18.9 Å². The first-order valence-corrected chi connectivity index (χ1v) is 11.0. The molecule has 0 radical (unpaired) electrons. The molecule has 0 amide bonds. The lowest BCUT2D eigenvalue weighted by Crippen LogP contribution is -2.46. The number of likely N-dealkylation sites (tertiary alicyclic amines) is 1. The van der Waals surface area contributed by atoms with Crippen molar-refractivity contribution in [2.75, 3.05) is 39.8 Å². The molecular weight excluding hydrogens is 394 g/mol. The molecular formula is C22H32ClNO5. The number of esters is 1. The predicted octanol–water partition coefficient (Wildman–Crippen LogP) is 3.43. The molecule has 3 atom stereocenters. The SMILES string of the molecule is COc1ccc(CCO[C@@H]2CCCC[C@H]2N2CC[C@@H](OC(=O)CCl)C2)cc1OC. The van der Waals surface area contributed by atoms with E-state index < -0.39 is 0 Å². The van der Waals surface area contributed by atoms with Crippen molar-refractivity contribution >= 4 is 17.6 Å². The van der Waals surface area contributed by atoms with Gasteiger partial charge in [0.05, 0.1) is 26.9 Å². The lowest BCUT2D eigenvalue weighted by Gasteiger charge is -2.37. The van der Waals surface area contributed by atoms with Crippen molar-refractivity contribution in [2.45, 2.75) is 56.8 Å². The molecule has 1 saturated heterocycles. The maximum absolute atomic E-state index is 11.5. The molecule has 2 fully saturated rings. The third kappa shape index (κ3) is 6.00. The topological polar surface area (TPSA) is 57.2 Å². The van der Waals surface area contributed by atoms with Crippen LogP contribution in [0.3, 0.4) is 0 Å². The van der Waals surface area contributed by atoms with Crippen molar-refractivity contribution in [3.05, 3.63) is 23.8 Å². The van der Waals surface area contributed by atoms with Crippen molar-refractivity contribution in [2.24, 2.45) is 0 Å². The fraction of sp³-hybridized carbons (Fsp3) is 0.682. The largest absolute Gasteiger partial charge is 0.493 e. The summed E-state index contributed by atoms with van der Waals surface area (Å²) < 4.78 is 22.4. The smallest absolute Gasteiger partial charge is 0.321 e. The van der Waals surface area contributed by atoms with Crippen LogP contribution in [-0.4, -0.2) is 68.9 Å². The number of halogens is 1. The molecule has 3 rings (SSSR count). The average Bonchev–Trinajstić information content (AvgIpc) is 3.22. The Hall–Kier alpha value is -1.50. The van der Waals surface area contributed by atoms with Gasteiger partial charge in [-0.1, -0.05) is 18.9 Å². The van der Waals surface area contributed by atoms with Gasteiger partial charge in [-0.2, -0.15) is 0 Å². The molecule has 162 valence electrons. The lowest BCUT2D eigenvalue weighted by atomic mass is 9.91. The summed E-state index contributed by atoms with van der Waals surface area (Å²) in [5.41, 5.74) is 1.17. The minimum absolute atomic E-state index is 0.0457. The molecule has 0 aromatic heterocycles. The monoisotopic (exact) mass is 425 g/mol. The zero-order valence-corrected chi connectivity index (χ0v) is 18.2. The standard InChI is InChI=1S/C22H32ClNO5/c1-26-20-8-7-16(13-21(20)27-2)10-12-28-19-6-4-3-5-18(19)24-11-9-17(15-24)29-22(25)14-23/h7-8,13,17-19H,3-6,9-12,14-15H2,1-2H3/t17-,18-,19-/m1/s1. The van der Waals surface area contributed by atoms with Crippen LogP contribution in [0.25, 0.3) is 0 Å². The first kappa shape index (κ1) is 22.2. The van der Waals surface area contributed by atoms with Crippen molar-refractivity contribution in [3.63, 3.8) is 0 Å². The van der Waals surface area contributed by atoms with Crippen molar-refractivity contribution in [3.8, 4) is 11.5 Å². The summed E-state index contributed by atoms with van der Waals surface area (Å²) in [6.45, 7) is 2.40. The molecule has 6 nitrogen and oxygen atoms in total. The molecule has 1 aromatic rings. The number of hydrogen-bond donors (Lipinski definition) is 0. The van der Waals surface area contributed by atoms with Gasteiger partial charge in [-0.05, 0) is 43.4 Å². The second-order valence-electron chi connectivity index (χ2n) is 7.73. The Balaban J connectivity index is 1.51. The number of ether oxygens (including phenoxy) is 4. The van der Waals surface area contributed by atoms with Gasteiger partial charge in [0.15, 0.2) is 11.5 Å². The first-order chi connectivity index (χ1) is 14.1. The highest BCUT2D eigenvalue weighted by atomic mass is 35.5. The number of benzene rings is 1. The van der Waals surface area contributed by atoms with Crippen molar-refractivity contribution < 1.29 is 23.7 Å². The molecule has 1 saturated carbocycles. The fourth-order valence-corrected chi connectivity index (χ4v) is 4.49. The number of methoxy groups -OCH3 is 2. The quantitative estimate of drug-likeness (QED) is 0.446. The molecule has 1 heterocycles. The molecule has 1 aliphatic carbocycles. The van der Waals surface area contributed by atoms with E-state index in [4.69, 9.17) is 30.5 Å². The highest BCUT2D eigenvalue weighted by molar-refractivity contribution is 6.26. The van der Waals surface area contributed by atoms with E-state index in [-0.39, 0.29) is 24.1 Å². The minimum Gasteiger partial charge on any atom is -0.493 e. The number of nitrogens with zero attached hydrogens (tertiary/aromatic N) is 1. The van der Waals surface area contributed by atoms with E-state index in [9.17, 15) is 4.79 Å². The van der Waals surface area contributed by atoms with Crippen LogP contribution in [-0.2, 0) is 20.7 Å². The summed E-state index contributed by atoms with van der Waals surface area (Å²) in [7, 11) is 3.29. The second-order valence-corrected chi connectivity index (χ2v) is 8.00. The Morgan fingerprint density at radius 2 is 1.93 bits per heavy atom. The first-order valence-electron chi connectivity index (χ1n) is 10.5. The zero-order chi connectivity index (χ0) is 20.6. The molecule has 0 unspecified atom stereocenters. The molecule has 0 spiro atoms. The average molecular weight is 426 g/mol. The number of hydrogen-bond acceptors (Lipinski definition) is 6. The molecule has 2 aliphatic rings. The van der Waals surface area contributed by atoms with Gasteiger partial charge in [0.1, 0.15) is 12.0 Å². The van der Waals surface area contributed by atoms with Gasteiger partial charge in [-0.15, -0.1) is 11.6 Å². The van der Waals surface area contributed by atoms with Gasteiger partial charge in [0.25, 0.3) is 0 Å². The van der Waals surface area contributed by atoms with Crippen LogP contribution in [0.15, 0.2) is 18.2 Å². The van der Waals surface area contributed by atoms with Crippen LogP contribution >= 0.6 is 11.6 Å². The molecule has 7 heteroatoms. The Morgan fingerprint density at radius 3 is 2.69 bits per heavy atom. The van der Waals surface area contributed by atoms with Gasteiger partial charge in [0.2, 0.25) is 0 Å². The summed E-state index contributed by atoms with van der Waals surface area (Å²) in [6.07, 6.45) is 6.54. The Kier molecular flexibility index (Phi) is 8.45. The molecule has 1 aromatic carbocycles. The van der Waals surface area contributed by atoms with Crippen LogP contribution in [0.4, 0.5) is 0 Å². The maximum Gasteiger partial charge on any atom is 0.321 e. The molecule has 0 N–H and O–H groups in total. The minimum atomic E-state index is -0.329. The van der Waals surface area contributed by atoms with Crippen LogP contribution in [0.2, 0.25) is 0 Å². The third-order valence-corrected chi connectivity index (χ3v) is 6.11. The van der Waals surface area contributed by atoms with Crippen molar-refractivity contribution in [1.29, 1.82) is 0 Å². The summed E-state index contributed by atoms with van der Waals surface area (Å²) >= 11 is 5.56. The summed E-state index contributed by atoms with van der Waals surface area (Å²) in [6, 6.07) is 6.40. The van der Waals surface area contributed by atoms with Gasteiger partial charge >= 0.3 is 5.97 Å². The number of alkyl halides is 1. The van der Waals surface area contributed by atoms with Gasteiger partial charge in [0, 0.05) is 19.1 Å². The van der Waals surface area contributed by atoms with Crippen LogP contribution < -0.4 is 9.47 Å². The van der Waals surface area contributed by atoms with E-state index in [0.717, 1.165) is 50.3 Å². The molecule has 29 heavy (non-hydrogen) atoms. The second kappa shape index (κ2) is 11.0. The van der Waals surface area contributed by atoms with E-state index in [1.807, 2.05) is 12.1 Å². The van der Waals surface area contributed by atoms with Crippen LogP contribution in [0.5, 0.6) is 11.5 Å². The highest BCUT2D eigenvalue weighted by Gasteiger charge is 2.36. The van der Waals surface area contributed by atoms with Crippen LogP contribution in [0.1, 0.15) is 37.7 Å². The third-order valence-electron chi connectivity index (χ3n) is 5.89. The predicted molar refractivity (Wildman–Crippen MR) is 112 cm³/mol. The zero-order valence-electron chi connectivity index (χ0n) is 17.4.